The summed E-state index contributed by atoms with van der Waals surface area (Å²) in [7, 11) is 0. The van der Waals surface area contributed by atoms with Crippen LogP contribution in [0.2, 0.25) is 0 Å². The van der Waals surface area contributed by atoms with Gasteiger partial charge in [0.2, 0.25) is 0 Å². The highest BCUT2D eigenvalue weighted by Gasteiger charge is 2.15. The van der Waals surface area contributed by atoms with Gasteiger partial charge in [-0.3, -0.25) is 0 Å². The molecule has 0 aliphatic heterocycles. The summed E-state index contributed by atoms with van der Waals surface area (Å²) in [6.45, 7) is 4.51. The summed E-state index contributed by atoms with van der Waals surface area (Å²) in [6, 6.07) is 8.70. The van der Waals surface area contributed by atoms with Crippen LogP contribution < -0.4 is 11.5 Å². The van der Waals surface area contributed by atoms with Gasteiger partial charge < -0.3 is 11.5 Å². The molecule has 0 unspecified atom stereocenters. The molecule has 0 atom stereocenters. The number of anilines is 2. The number of benzene rings is 2. The van der Waals surface area contributed by atoms with Gasteiger partial charge in [0.25, 0.3) is 0 Å². The van der Waals surface area contributed by atoms with Crippen molar-refractivity contribution in [2.75, 3.05) is 11.5 Å². The van der Waals surface area contributed by atoms with Gasteiger partial charge >= 0.3 is 0 Å². The van der Waals surface area contributed by atoms with Crippen LogP contribution in [0.5, 0.6) is 0 Å². The molecule has 0 saturated heterocycles. The van der Waals surface area contributed by atoms with Crippen LogP contribution in [0.4, 0.5) is 11.4 Å². The van der Waals surface area contributed by atoms with Gasteiger partial charge in [-0.05, 0) is 77.6 Å². The first-order valence-electron chi connectivity index (χ1n) is 9.97. The Kier molecular flexibility index (Phi) is 9.70. The van der Waals surface area contributed by atoms with Gasteiger partial charge in [0.1, 0.15) is 0 Å². The van der Waals surface area contributed by atoms with E-state index >= 15 is 0 Å². The molecule has 4 heteroatoms. The summed E-state index contributed by atoms with van der Waals surface area (Å²) in [5, 5.41) is 0. The third kappa shape index (κ3) is 5.75. The highest BCUT2D eigenvalue weighted by atomic mass is 127. The average Bonchev–Trinajstić information content (AvgIpc) is 2.67. The van der Waals surface area contributed by atoms with E-state index in [1.54, 1.807) is 0 Å². The minimum absolute atomic E-state index is 0.940. The molecule has 27 heavy (non-hydrogen) atoms. The number of rotatable bonds is 10. The van der Waals surface area contributed by atoms with Gasteiger partial charge in [-0.15, -0.1) is 0 Å². The van der Waals surface area contributed by atoms with Gasteiger partial charge in [0, 0.05) is 20.2 Å². The van der Waals surface area contributed by atoms with E-state index in [-0.39, 0.29) is 0 Å². The molecular weight excluding hydrogens is 558 g/mol. The van der Waals surface area contributed by atoms with Crippen molar-refractivity contribution in [1.29, 1.82) is 0 Å². The quantitative estimate of drug-likeness (QED) is 0.178. The molecule has 2 rings (SSSR count). The molecule has 0 bridgehead atoms. The van der Waals surface area contributed by atoms with E-state index in [9.17, 15) is 0 Å². The zero-order valence-electron chi connectivity index (χ0n) is 16.6. The second kappa shape index (κ2) is 11.5. The lowest BCUT2D eigenvalue weighted by atomic mass is 9.88. The van der Waals surface area contributed by atoms with E-state index in [1.807, 2.05) is 0 Å². The average molecular weight is 590 g/mol. The van der Waals surface area contributed by atoms with Crippen molar-refractivity contribution in [2.45, 2.75) is 67.6 Å². The van der Waals surface area contributed by atoms with Crippen LogP contribution in [0.25, 0.3) is 0 Å². The molecule has 0 amide bonds. The van der Waals surface area contributed by atoms with Crippen molar-refractivity contribution in [3.8, 4) is 0 Å². The Labute approximate surface area is 192 Å². The van der Waals surface area contributed by atoms with Crippen LogP contribution in [-0.2, 0) is 28.1 Å². The summed E-state index contributed by atoms with van der Waals surface area (Å²) in [4.78, 5) is 0. The van der Waals surface area contributed by atoms with Crippen LogP contribution >= 0.6 is 45.2 Å². The predicted octanol–water partition coefficient (Wildman–Crippen LogP) is 7.00. The van der Waals surface area contributed by atoms with Gasteiger partial charge in [-0.1, -0.05) is 84.0 Å². The Bertz CT molecular complexity index is 693. The largest absolute Gasteiger partial charge is 0.398 e. The van der Waals surface area contributed by atoms with Crippen LogP contribution in [0.1, 0.15) is 72.9 Å². The smallest absolute Gasteiger partial charge is 0.0357 e. The van der Waals surface area contributed by atoms with Crippen molar-refractivity contribution in [3.63, 3.8) is 0 Å². The third-order valence-corrected chi connectivity index (χ3v) is 6.86. The monoisotopic (exact) mass is 590 g/mol. The molecule has 0 heterocycles. The molecule has 2 nitrogen and oxygen atoms in total. The van der Waals surface area contributed by atoms with E-state index in [0.29, 0.717) is 0 Å². The van der Waals surface area contributed by atoms with Crippen molar-refractivity contribution in [2.24, 2.45) is 0 Å². The first-order chi connectivity index (χ1) is 13.1. The lowest BCUT2D eigenvalue weighted by Gasteiger charge is -2.20. The van der Waals surface area contributed by atoms with Crippen molar-refractivity contribution in [3.05, 3.63) is 57.6 Å². The van der Waals surface area contributed by atoms with Crippen LogP contribution in [0, 0.1) is 0 Å². The molecule has 0 radical (unpaired) electrons. The van der Waals surface area contributed by atoms with E-state index in [1.165, 1.54) is 59.1 Å². The van der Waals surface area contributed by atoms with Crippen molar-refractivity contribution in [1.82, 2.24) is 0 Å². The Hall–Kier alpha value is -0.500. The topological polar surface area (TPSA) is 52.0 Å². The second-order valence-corrected chi connectivity index (χ2v) is 8.72. The van der Waals surface area contributed by atoms with Crippen molar-refractivity contribution >= 4 is 56.6 Å². The predicted molar refractivity (Wildman–Crippen MR) is 137 cm³/mol. The molecule has 4 N–H and O–H groups in total. The number of hydrogen-bond donors (Lipinski definition) is 2. The summed E-state index contributed by atoms with van der Waals surface area (Å²) < 4.78 is 1.94. The van der Waals surface area contributed by atoms with Gasteiger partial charge in [0.05, 0.1) is 0 Å². The third-order valence-electron chi connectivity index (χ3n) is 5.34. The second-order valence-electron chi connectivity index (χ2n) is 7.19. The highest BCUT2D eigenvalue weighted by Crippen LogP contribution is 2.31. The van der Waals surface area contributed by atoms with Crippen molar-refractivity contribution < 1.29 is 0 Å². The van der Waals surface area contributed by atoms with Gasteiger partial charge in [-0.25, -0.2) is 0 Å². The maximum atomic E-state index is 6.30. The van der Waals surface area contributed by atoms with E-state index in [4.69, 9.17) is 11.5 Å². The Balaban J connectivity index is 2.49. The standard InChI is InChI=1S/C23H32I2N2/c1-3-5-7-18-16(9-11-22(26)20(18)14-24)13-17-10-12-23(27)21(15-25)19(17)8-6-4-2/h9-12H,3-8,13-15,26-27H2,1-2H3. The maximum Gasteiger partial charge on any atom is 0.0357 e. The number of hydrogen-bond acceptors (Lipinski definition) is 2. The number of nitrogen functional groups attached to an aromatic ring is 2. The van der Waals surface area contributed by atoms with Gasteiger partial charge in [0.15, 0.2) is 0 Å². The molecule has 0 fully saturated rings. The molecule has 148 valence electrons. The zero-order valence-corrected chi connectivity index (χ0v) is 20.9. The normalized spacial score (nSPS) is 11.1. The molecular formula is C23H32I2N2. The number of unbranched alkanes of at least 4 members (excludes halogenated alkanes) is 2. The first kappa shape index (κ1) is 22.8. The van der Waals surface area contributed by atoms with E-state index in [2.05, 4.69) is 83.3 Å². The lowest BCUT2D eigenvalue weighted by Crippen LogP contribution is -2.08. The molecule has 2 aromatic carbocycles. The summed E-state index contributed by atoms with van der Waals surface area (Å²) in [5.41, 5.74) is 23.0. The Morgan fingerprint density at radius 1 is 0.667 bits per heavy atom. The number of nitrogens with two attached hydrogens (primary N) is 2. The molecule has 0 aromatic heterocycles. The van der Waals surface area contributed by atoms with Crippen LogP contribution in [0.15, 0.2) is 24.3 Å². The van der Waals surface area contributed by atoms with E-state index in [0.717, 1.165) is 39.5 Å². The summed E-state index contributed by atoms with van der Waals surface area (Å²) in [6.07, 6.45) is 8.05. The minimum atomic E-state index is 0.940. The summed E-state index contributed by atoms with van der Waals surface area (Å²) >= 11 is 4.89. The SMILES string of the molecule is CCCCc1c(Cc2ccc(N)c(CI)c2CCCC)ccc(N)c1CI. The number of halogens is 2. The first-order valence-corrected chi connectivity index (χ1v) is 13.0. The Morgan fingerprint density at radius 3 is 1.41 bits per heavy atom. The molecule has 2 aromatic rings. The fraction of sp³-hybridized carbons (Fsp3) is 0.478. The molecule has 0 aliphatic carbocycles. The number of alkyl halides is 2. The Morgan fingerprint density at radius 2 is 1.07 bits per heavy atom. The van der Waals surface area contributed by atoms with E-state index < -0.39 is 0 Å². The van der Waals surface area contributed by atoms with Crippen LogP contribution in [-0.4, -0.2) is 0 Å². The fourth-order valence-electron chi connectivity index (χ4n) is 3.70. The maximum absolute atomic E-state index is 6.30. The van der Waals surface area contributed by atoms with Crippen LogP contribution in [0.3, 0.4) is 0 Å². The highest BCUT2D eigenvalue weighted by molar-refractivity contribution is 14.1. The molecule has 0 aliphatic rings. The fourth-order valence-corrected chi connectivity index (χ4v) is 5.50. The summed E-state index contributed by atoms with van der Waals surface area (Å²) in [5.74, 6) is 0. The molecule has 0 spiro atoms. The molecule has 0 saturated carbocycles. The van der Waals surface area contributed by atoms with Gasteiger partial charge in [-0.2, -0.15) is 0 Å². The lowest BCUT2D eigenvalue weighted by molar-refractivity contribution is 0.776. The zero-order chi connectivity index (χ0) is 19.8. The minimum Gasteiger partial charge on any atom is -0.398 e.